The zero-order valence-corrected chi connectivity index (χ0v) is 20.0. The maximum Gasteiger partial charge on any atom is 0.308 e. The molecular formula is C20H26BrN3O6S. The molecule has 31 heavy (non-hydrogen) atoms. The summed E-state index contributed by atoms with van der Waals surface area (Å²) in [6.45, 7) is 4.78. The number of esters is 1. The molecule has 11 heteroatoms. The van der Waals surface area contributed by atoms with Crippen LogP contribution >= 0.6 is 28.1 Å². The monoisotopic (exact) mass is 515 g/mol. The molecule has 170 valence electrons. The van der Waals surface area contributed by atoms with Crippen LogP contribution in [0.2, 0.25) is 0 Å². The van der Waals surface area contributed by atoms with Gasteiger partial charge in [-0.3, -0.25) is 19.7 Å². The van der Waals surface area contributed by atoms with E-state index in [1.54, 1.807) is 39.2 Å². The molecule has 2 rings (SSSR count). The number of piperazine rings is 1. The molecule has 2 amide bonds. The zero-order chi connectivity index (χ0) is 23.0. The molecule has 1 heterocycles. The van der Waals surface area contributed by atoms with E-state index in [9.17, 15) is 14.4 Å². The second kappa shape index (κ2) is 12.0. The van der Waals surface area contributed by atoms with Crippen molar-refractivity contribution in [1.29, 1.82) is 0 Å². The van der Waals surface area contributed by atoms with Crippen LogP contribution in [0.15, 0.2) is 22.7 Å². The number of ether oxygens (including phenoxy) is 3. The van der Waals surface area contributed by atoms with Gasteiger partial charge < -0.3 is 24.4 Å². The van der Waals surface area contributed by atoms with E-state index in [4.69, 9.17) is 26.4 Å². The van der Waals surface area contributed by atoms with Crippen molar-refractivity contribution in [3.05, 3.63) is 28.2 Å². The molecule has 0 aliphatic carbocycles. The Morgan fingerprint density at radius 3 is 2.77 bits per heavy atom. The minimum atomic E-state index is -0.868. The van der Waals surface area contributed by atoms with E-state index in [0.717, 1.165) is 0 Å². The van der Waals surface area contributed by atoms with E-state index in [1.807, 2.05) is 0 Å². The van der Waals surface area contributed by atoms with Crippen molar-refractivity contribution < 1.29 is 28.6 Å². The summed E-state index contributed by atoms with van der Waals surface area (Å²) < 4.78 is 16.4. The minimum absolute atomic E-state index is 0.0463. The van der Waals surface area contributed by atoms with Crippen molar-refractivity contribution in [2.24, 2.45) is 0 Å². The average Bonchev–Trinajstić information content (AvgIpc) is 2.70. The lowest BCUT2D eigenvalue weighted by atomic mass is 10.1. The molecule has 2 N–H and O–H groups in total. The lowest BCUT2D eigenvalue weighted by Gasteiger charge is -2.36. The maximum atomic E-state index is 12.9. The first-order valence-corrected chi connectivity index (χ1v) is 10.9. The smallest absolute Gasteiger partial charge is 0.308 e. The molecule has 1 atom stereocenters. The van der Waals surface area contributed by atoms with Gasteiger partial charge in [-0.15, -0.1) is 0 Å². The normalized spacial score (nSPS) is 16.0. The summed E-state index contributed by atoms with van der Waals surface area (Å²) in [4.78, 5) is 38.9. The van der Waals surface area contributed by atoms with Crippen molar-refractivity contribution in [2.45, 2.75) is 32.4 Å². The van der Waals surface area contributed by atoms with Gasteiger partial charge in [0.1, 0.15) is 18.4 Å². The maximum absolute atomic E-state index is 12.9. The van der Waals surface area contributed by atoms with Crippen LogP contribution in [0.25, 0.3) is 0 Å². The Labute approximate surface area is 194 Å². The third-order valence-corrected chi connectivity index (χ3v) is 5.10. The summed E-state index contributed by atoms with van der Waals surface area (Å²) >= 11 is 8.74. The minimum Gasteiger partial charge on any atom is -0.490 e. The van der Waals surface area contributed by atoms with Gasteiger partial charge >= 0.3 is 5.97 Å². The molecule has 1 saturated heterocycles. The first-order valence-electron chi connectivity index (χ1n) is 9.73. The number of hydrogen-bond donors (Lipinski definition) is 2. The third-order valence-electron chi connectivity index (χ3n) is 4.27. The van der Waals surface area contributed by atoms with Crippen molar-refractivity contribution in [2.75, 3.05) is 33.4 Å². The number of rotatable bonds is 8. The van der Waals surface area contributed by atoms with Gasteiger partial charge in [-0.2, -0.15) is 0 Å². The van der Waals surface area contributed by atoms with Crippen molar-refractivity contribution in [3.63, 3.8) is 0 Å². The first-order chi connectivity index (χ1) is 14.7. The van der Waals surface area contributed by atoms with E-state index in [0.29, 0.717) is 29.9 Å². The van der Waals surface area contributed by atoms with Gasteiger partial charge in [-0.1, -0.05) is 15.9 Å². The number of carbonyl (C=O) groups excluding carboxylic acids is 3. The van der Waals surface area contributed by atoms with E-state index in [1.165, 1.54) is 4.90 Å². The summed E-state index contributed by atoms with van der Waals surface area (Å²) in [7, 11) is 1.55. The van der Waals surface area contributed by atoms with Gasteiger partial charge in [-0.25, -0.2) is 0 Å². The van der Waals surface area contributed by atoms with Crippen LogP contribution in [0.3, 0.4) is 0 Å². The number of benzene rings is 1. The van der Waals surface area contributed by atoms with Gasteiger partial charge in [0.15, 0.2) is 5.11 Å². The number of hydrogen-bond acceptors (Lipinski definition) is 7. The fourth-order valence-corrected chi connectivity index (χ4v) is 3.58. The van der Waals surface area contributed by atoms with Gasteiger partial charge in [0.05, 0.1) is 24.7 Å². The molecule has 0 aromatic heterocycles. The highest BCUT2D eigenvalue weighted by Gasteiger charge is 2.34. The lowest BCUT2D eigenvalue weighted by Crippen LogP contribution is -2.60. The number of thiocarbonyl (C=S) groups is 1. The van der Waals surface area contributed by atoms with Gasteiger partial charge in [0.25, 0.3) is 5.91 Å². The van der Waals surface area contributed by atoms with Crippen LogP contribution in [0.4, 0.5) is 0 Å². The Bertz CT molecular complexity index is 835. The number of methoxy groups -OCH3 is 1. The summed E-state index contributed by atoms with van der Waals surface area (Å²) in [6.07, 6.45) is -0.477. The third kappa shape index (κ3) is 7.44. The Morgan fingerprint density at radius 1 is 1.35 bits per heavy atom. The zero-order valence-electron chi connectivity index (χ0n) is 17.6. The Kier molecular flexibility index (Phi) is 9.66. The van der Waals surface area contributed by atoms with E-state index >= 15 is 0 Å². The molecule has 0 saturated carbocycles. The van der Waals surface area contributed by atoms with Crippen molar-refractivity contribution in [1.82, 2.24) is 15.5 Å². The molecule has 9 nitrogen and oxygen atoms in total. The summed E-state index contributed by atoms with van der Waals surface area (Å²) in [5.74, 6) is -0.992. The molecule has 1 aliphatic rings. The summed E-state index contributed by atoms with van der Waals surface area (Å²) in [5, 5.41) is 5.40. The number of carbonyl (C=O) groups is 3. The van der Waals surface area contributed by atoms with Crippen LogP contribution in [0, 0.1) is 0 Å². The lowest BCUT2D eigenvalue weighted by molar-refractivity contribution is -0.150. The molecule has 0 spiro atoms. The Morgan fingerprint density at radius 2 is 2.10 bits per heavy atom. The first kappa shape index (κ1) is 25.0. The second-order valence-electron chi connectivity index (χ2n) is 6.98. The highest BCUT2D eigenvalue weighted by Crippen LogP contribution is 2.23. The quantitative estimate of drug-likeness (QED) is 0.305. The van der Waals surface area contributed by atoms with E-state index < -0.39 is 17.9 Å². The van der Waals surface area contributed by atoms with Gasteiger partial charge in [0.2, 0.25) is 5.91 Å². The molecule has 1 aliphatic heterocycles. The highest BCUT2D eigenvalue weighted by atomic mass is 79.9. The van der Waals surface area contributed by atoms with Crippen LogP contribution in [-0.4, -0.2) is 73.4 Å². The van der Waals surface area contributed by atoms with Crippen LogP contribution < -0.4 is 15.4 Å². The van der Waals surface area contributed by atoms with Crippen LogP contribution in [0.5, 0.6) is 5.75 Å². The Balaban J connectivity index is 2.13. The number of halogens is 1. The Hall–Kier alpha value is -2.24. The highest BCUT2D eigenvalue weighted by molar-refractivity contribution is 9.10. The predicted octanol–water partition coefficient (Wildman–Crippen LogP) is 1.63. The topological polar surface area (TPSA) is 106 Å². The fraction of sp³-hybridized carbons (Fsp3) is 0.500. The van der Waals surface area contributed by atoms with Crippen molar-refractivity contribution >= 4 is 51.0 Å². The molecule has 1 fully saturated rings. The number of nitrogens with zero attached hydrogens (tertiary/aromatic N) is 1. The summed E-state index contributed by atoms with van der Waals surface area (Å²) in [5.41, 5.74) is 0.269. The molecular weight excluding hydrogens is 490 g/mol. The van der Waals surface area contributed by atoms with E-state index in [-0.39, 0.29) is 35.7 Å². The predicted molar refractivity (Wildman–Crippen MR) is 121 cm³/mol. The van der Waals surface area contributed by atoms with E-state index in [2.05, 4.69) is 26.6 Å². The van der Waals surface area contributed by atoms with Crippen molar-refractivity contribution in [3.8, 4) is 5.75 Å². The summed E-state index contributed by atoms with van der Waals surface area (Å²) in [6, 6.07) is 4.16. The molecule has 0 bridgehead atoms. The standard InChI is InChI=1S/C20H26BrN3O6S/c1-12(2)30-17(25)11-15-19(27)22-6-7-24(15)20(31)23-18(26)14-10-13(21)4-5-16(14)29-9-8-28-3/h4-5,10,12,15H,6-9,11H2,1-3H3,(H,22,27)(H,23,26,31). The largest absolute Gasteiger partial charge is 0.490 e. The molecule has 1 aromatic rings. The molecule has 1 aromatic carbocycles. The SMILES string of the molecule is COCCOc1ccc(Br)cc1C(=O)NC(=S)N1CCNC(=O)C1CC(=O)OC(C)C. The van der Waals surface area contributed by atoms with Crippen LogP contribution in [0.1, 0.15) is 30.6 Å². The number of nitrogens with one attached hydrogen (secondary N) is 2. The average molecular weight is 516 g/mol. The molecule has 0 radical (unpaired) electrons. The van der Waals surface area contributed by atoms with Gasteiger partial charge in [0, 0.05) is 24.7 Å². The second-order valence-corrected chi connectivity index (χ2v) is 8.29. The van der Waals surface area contributed by atoms with Gasteiger partial charge in [-0.05, 0) is 44.3 Å². The van der Waals surface area contributed by atoms with Crippen LogP contribution in [-0.2, 0) is 19.1 Å². The fourth-order valence-electron chi connectivity index (χ4n) is 2.91. The molecule has 1 unspecified atom stereocenters. The number of amides is 2.